The van der Waals surface area contributed by atoms with E-state index in [-0.39, 0.29) is 0 Å². The van der Waals surface area contributed by atoms with Crippen molar-refractivity contribution in [2.75, 3.05) is 0 Å². The van der Waals surface area contributed by atoms with Crippen LogP contribution in [-0.2, 0) is 0 Å². The Morgan fingerprint density at radius 1 is 1.44 bits per heavy atom. The van der Waals surface area contributed by atoms with E-state index in [9.17, 15) is 0 Å². The maximum Gasteiger partial charge on any atom is 0.164 e. The molecule has 0 radical (unpaired) electrons. The maximum atomic E-state index is 6.01. The Morgan fingerprint density at radius 3 is 2.56 bits per heavy atom. The minimum atomic E-state index is -0.928. The molecule has 2 heteroatoms. The summed E-state index contributed by atoms with van der Waals surface area (Å²) in [6.07, 6.45) is 4.54. The third-order valence-corrected chi connectivity index (χ3v) is 4.05. The Morgan fingerprint density at radius 2 is 2.11 bits per heavy atom. The van der Waals surface area contributed by atoms with Gasteiger partial charge in [0.15, 0.2) is 8.11 Å². The van der Waals surface area contributed by atoms with Crippen molar-refractivity contribution in [3.8, 4) is 0 Å². The minimum absolute atomic E-state index is 0.928. The number of hydrogen-bond donors (Lipinski definition) is 0. The predicted octanol–water partition coefficient (Wildman–Crippen LogP) is 2.86. The van der Waals surface area contributed by atoms with Crippen molar-refractivity contribution in [2.24, 2.45) is 0 Å². The second-order valence-electron chi connectivity index (χ2n) is 2.14. The molecule has 0 aliphatic carbocycles. The normalized spacial score (nSPS) is 14.6. The summed E-state index contributed by atoms with van der Waals surface area (Å²) in [7, 11) is -0.928. The van der Waals surface area contributed by atoms with Gasteiger partial charge in [0.25, 0.3) is 0 Å². The summed E-state index contributed by atoms with van der Waals surface area (Å²) in [5.74, 6) is 0. The molecule has 0 aromatic heterocycles. The predicted molar refractivity (Wildman–Crippen MR) is 47.5 cm³/mol. The van der Waals surface area contributed by atoms with E-state index in [1.165, 1.54) is 12.5 Å². The van der Waals surface area contributed by atoms with Gasteiger partial charge in [-0.1, -0.05) is 32.0 Å². The van der Waals surface area contributed by atoms with Crippen molar-refractivity contribution in [1.82, 2.24) is 0 Å². The average Bonchev–Trinajstić information content (AvgIpc) is 1.85. The zero-order valence-corrected chi connectivity index (χ0v) is 8.14. The molecular formula is C7H15ClSi. The number of rotatable bonds is 4. The van der Waals surface area contributed by atoms with Crippen LogP contribution in [0.2, 0.25) is 6.04 Å². The molecule has 0 spiro atoms. The molecule has 0 aromatic carbocycles. The number of allylic oxidation sites excluding steroid dienone is 1. The lowest BCUT2D eigenvalue weighted by Gasteiger charge is -1.95. The number of halogens is 1. The van der Waals surface area contributed by atoms with E-state index in [2.05, 4.69) is 25.6 Å². The Hall–Kier alpha value is 0.247. The first-order valence-electron chi connectivity index (χ1n) is 3.62. The van der Waals surface area contributed by atoms with Gasteiger partial charge >= 0.3 is 0 Å². The topological polar surface area (TPSA) is 0 Å². The van der Waals surface area contributed by atoms with Gasteiger partial charge in [-0.05, 0) is 12.5 Å². The van der Waals surface area contributed by atoms with Crippen LogP contribution in [0.3, 0.4) is 0 Å². The van der Waals surface area contributed by atoms with Crippen molar-refractivity contribution in [3.05, 3.63) is 11.8 Å². The lowest BCUT2D eigenvalue weighted by molar-refractivity contribution is 1.07. The Kier molecular flexibility index (Phi) is 6.54. The smallest absolute Gasteiger partial charge is 0.164 e. The van der Waals surface area contributed by atoms with Crippen LogP contribution in [0, 0.1) is 0 Å². The second-order valence-corrected chi connectivity index (χ2v) is 5.82. The standard InChI is InChI=1S/C7H15ClSi/c1-3-5-7-9(8)6-4-2/h5,7,9H,3-4,6H2,1-2H3. The van der Waals surface area contributed by atoms with Crippen molar-refractivity contribution in [3.63, 3.8) is 0 Å². The summed E-state index contributed by atoms with van der Waals surface area (Å²) in [6, 6.07) is 1.23. The molecule has 0 aliphatic heterocycles. The summed E-state index contributed by atoms with van der Waals surface area (Å²) in [5.41, 5.74) is 2.21. The van der Waals surface area contributed by atoms with E-state index in [1.54, 1.807) is 0 Å². The Labute approximate surface area is 64.2 Å². The maximum absolute atomic E-state index is 6.01. The summed E-state index contributed by atoms with van der Waals surface area (Å²) in [6.45, 7) is 4.32. The summed E-state index contributed by atoms with van der Waals surface area (Å²) in [5, 5.41) is 0. The lowest BCUT2D eigenvalue weighted by Crippen LogP contribution is -1.96. The van der Waals surface area contributed by atoms with Crippen LogP contribution in [0.5, 0.6) is 0 Å². The van der Waals surface area contributed by atoms with E-state index >= 15 is 0 Å². The molecule has 0 heterocycles. The van der Waals surface area contributed by atoms with Crippen LogP contribution < -0.4 is 0 Å². The van der Waals surface area contributed by atoms with Gasteiger partial charge in [-0.25, -0.2) is 0 Å². The Balaban J connectivity index is 3.25. The molecule has 1 unspecified atom stereocenters. The molecule has 9 heavy (non-hydrogen) atoms. The first kappa shape index (κ1) is 9.25. The summed E-state index contributed by atoms with van der Waals surface area (Å²) >= 11 is 6.01. The molecule has 0 saturated heterocycles. The SMILES string of the molecule is CCC=C[SiH](Cl)CCC. The number of hydrogen-bond acceptors (Lipinski definition) is 0. The molecule has 1 atom stereocenters. The Bertz CT molecular complexity index is 81.0. The molecule has 54 valence electrons. The van der Waals surface area contributed by atoms with Gasteiger partial charge in [0.2, 0.25) is 0 Å². The molecule has 0 nitrogen and oxygen atoms in total. The van der Waals surface area contributed by atoms with Gasteiger partial charge in [0.05, 0.1) is 0 Å². The monoisotopic (exact) mass is 162 g/mol. The highest BCUT2D eigenvalue weighted by Gasteiger charge is 1.97. The molecule has 0 fully saturated rings. The molecule has 0 bridgehead atoms. The van der Waals surface area contributed by atoms with Crippen LogP contribution in [0.25, 0.3) is 0 Å². The van der Waals surface area contributed by atoms with Gasteiger partial charge in [-0.2, -0.15) is 11.1 Å². The highest BCUT2D eigenvalue weighted by molar-refractivity contribution is 7.09. The summed E-state index contributed by atoms with van der Waals surface area (Å²) in [4.78, 5) is 0. The van der Waals surface area contributed by atoms with E-state index in [1.807, 2.05) is 0 Å². The lowest BCUT2D eigenvalue weighted by atomic mass is 10.5. The highest BCUT2D eigenvalue weighted by atomic mass is 35.6. The van der Waals surface area contributed by atoms with Crippen LogP contribution >= 0.6 is 11.1 Å². The van der Waals surface area contributed by atoms with Gasteiger partial charge in [0.1, 0.15) is 0 Å². The van der Waals surface area contributed by atoms with Gasteiger partial charge in [-0.3, -0.25) is 0 Å². The molecule has 0 N–H and O–H groups in total. The third kappa shape index (κ3) is 6.13. The van der Waals surface area contributed by atoms with Gasteiger partial charge in [0, 0.05) is 0 Å². The van der Waals surface area contributed by atoms with Crippen LogP contribution in [0.4, 0.5) is 0 Å². The van der Waals surface area contributed by atoms with Crippen LogP contribution in [0.15, 0.2) is 11.8 Å². The zero-order valence-electron chi connectivity index (χ0n) is 6.23. The van der Waals surface area contributed by atoms with Gasteiger partial charge in [-0.15, -0.1) is 0 Å². The van der Waals surface area contributed by atoms with Crippen LogP contribution in [0.1, 0.15) is 26.7 Å². The second kappa shape index (κ2) is 6.37. The van der Waals surface area contributed by atoms with Crippen LogP contribution in [-0.4, -0.2) is 8.11 Å². The van der Waals surface area contributed by atoms with Gasteiger partial charge < -0.3 is 0 Å². The quantitative estimate of drug-likeness (QED) is 0.441. The molecule has 0 saturated carbocycles. The van der Waals surface area contributed by atoms with Crippen molar-refractivity contribution in [2.45, 2.75) is 32.7 Å². The van der Waals surface area contributed by atoms with E-state index in [4.69, 9.17) is 11.1 Å². The summed E-state index contributed by atoms with van der Waals surface area (Å²) < 4.78 is 0. The fourth-order valence-electron chi connectivity index (χ4n) is 0.656. The first-order valence-corrected chi connectivity index (χ1v) is 6.84. The van der Waals surface area contributed by atoms with E-state index in [0.717, 1.165) is 6.42 Å². The van der Waals surface area contributed by atoms with Crippen molar-refractivity contribution in [1.29, 1.82) is 0 Å². The molecule has 0 rings (SSSR count). The fourth-order valence-corrected chi connectivity index (χ4v) is 2.93. The molecule has 0 amide bonds. The van der Waals surface area contributed by atoms with E-state index in [0.29, 0.717) is 0 Å². The first-order chi connectivity index (χ1) is 4.31. The average molecular weight is 163 g/mol. The van der Waals surface area contributed by atoms with Crippen molar-refractivity contribution >= 4 is 19.2 Å². The fraction of sp³-hybridized carbons (Fsp3) is 0.714. The third-order valence-electron chi connectivity index (χ3n) is 1.15. The zero-order chi connectivity index (χ0) is 7.11. The van der Waals surface area contributed by atoms with Crippen molar-refractivity contribution < 1.29 is 0 Å². The molecular weight excluding hydrogens is 148 g/mol. The highest BCUT2D eigenvalue weighted by Crippen LogP contribution is 2.02. The van der Waals surface area contributed by atoms with E-state index < -0.39 is 8.11 Å². The minimum Gasteiger partial charge on any atom is -0.166 e. The molecule has 0 aliphatic rings. The largest absolute Gasteiger partial charge is 0.166 e. The molecule has 0 aromatic rings.